The Balaban J connectivity index is 1.47. The molecule has 5 nitrogen and oxygen atoms in total. The fourth-order valence-corrected chi connectivity index (χ4v) is 3.44. The van der Waals surface area contributed by atoms with Gasteiger partial charge in [-0.3, -0.25) is 9.36 Å². The minimum atomic E-state index is -0.893. The van der Waals surface area contributed by atoms with Crippen molar-refractivity contribution in [2.75, 3.05) is 13.1 Å². The van der Waals surface area contributed by atoms with Crippen molar-refractivity contribution in [3.8, 4) is 0 Å². The van der Waals surface area contributed by atoms with E-state index < -0.39 is 6.17 Å². The minimum absolute atomic E-state index is 0.0363. The van der Waals surface area contributed by atoms with Crippen molar-refractivity contribution in [1.82, 2.24) is 14.5 Å². The number of aromatic nitrogens is 2. The number of H-pyrrole nitrogens is 1. The van der Waals surface area contributed by atoms with Gasteiger partial charge in [-0.1, -0.05) is 36.4 Å². The molecule has 1 atom stereocenters. The molecule has 134 valence electrons. The van der Waals surface area contributed by atoms with Crippen molar-refractivity contribution in [3.63, 3.8) is 0 Å². The Morgan fingerprint density at radius 2 is 1.85 bits per heavy atom. The summed E-state index contributed by atoms with van der Waals surface area (Å²) in [5, 5.41) is 0. The van der Waals surface area contributed by atoms with Crippen molar-refractivity contribution in [3.05, 3.63) is 70.1 Å². The summed E-state index contributed by atoms with van der Waals surface area (Å²) in [6, 6.07) is 15.2. The van der Waals surface area contributed by atoms with E-state index in [4.69, 9.17) is 0 Å². The van der Waals surface area contributed by atoms with E-state index in [-0.39, 0.29) is 24.6 Å². The third kappa shape index (κ3) is 3.27. The molecule has 4 rings (SSSR count). The molecule has 1 unspecified atom stereocenters. The van der Waals surface area contributed by atoms with Crippen LogP contribution in [0.5, 0.6) is 0 Å². The number of benzene rings is 2. The second kappa shape index (κ2) is 6.78. The number of hydrogen-bond donors (Lipinski definition) is 1. The Morgan fingerprint density at radius 3 is 2.58 bits per heavy atom. The van der Waals surface area contributed by atoms with Gasteiger partial charge in [0.05, 0.1) is 30.5 Å². The maximum Gasteiger partial charge on any atom is 0.326 e. The summed E-state index contributed by atoms with van der Waals surface area (Å²) < 4.78 is 14.9. The molecule has 1 aliphatic rings. The number of imidazole rings is 1. The van der Waals surface area contributed by atoms with Gasteiger partial charge < -0.3 is 9.88 Å². The monoisotopic (exact) mass is 353 g/mol. The van der Waals surface area contributed by atoms with Gasteiger partial charge in [0.25, 0.3) is 0 Å². The molecular weight excluding hydrogens is 333 g/mol. The second-order valence-electron chi connectivity index (χ2n) is 6.75. The summed E-state index contributed by atoms with van der Waals surface area (Å²) in [6.07, 6.45) is -0.180. The predicted molar refractivity (Wildman–Crippen MR) is 97.9 cm³/mol. The van der Waals surface area contributed by atoms with Crippen molar-refractivity contribution in [2.24, 2.45) is 0 Å². The van der Waals surface area contributed by atoms with Crippen molar-refractivity contribution in [1.29, 1.82) is 0 Å². The first kappa shape index (κ1) is 16.6. The number of carbonyl (C=O) groups is 1. The molecule has 1 aliphatic heterocycles. The van der Waals surface area contributed by atoms with Gasteiger partial charge in [-0.05, 0) is 29.7 Å². The summed E-state index contributed by atoms with van der Waals surface area (Å²) in [5.74, 6) is -0.0363. The lowest BCUT2D eigenvalue weighted by Crippen LogP contribution is -2.30. The number of rotatable bonds is 4. The number of carbonyl (C=O) groups excluding carboxylic acids is 1. The molecule has 2 heterocycles. The number of nitrogens with zero attached hydrogens (tertiary/aromatic N) is 2. The van der Waals surface area contributed by atoms with Crippen LogP contribution in [0.2, 0.25) is 0 Å². The molecule has 1 N–H and O–H groups in total. The van der Waals surface area contributed by atoms with Gasteiger partial charge in [-0.2, -0.15) is 0 Å². The average molecular weight is 353 g/mol. The molecule has 0 radical (unpaired) electrons. The van der Waals surface area contributed by atoms with Crippen LogP contribution >= 0.6 is 0 Å². The molecule has 0 aliphatic carbocycles. The first-order chi connectivity index (χ1) is 12.6. The largest absolute Gasteiger partial charge is 0.339 e. The third-order valence-corrected chi connectivity index (χ3v) is 4.88. The highest BCUT2D eigenvalue weighted by atomic mass is 19.1. The van der Waals surface area contributed by atoms with Crippen molar-refractivity contribution >= 4 is 16.9 Å². The van der Waals surface area contributed by atoms with Crippen LogP contribution in [0.1, 0.15) is 17.5 Å². The molecule has 3 aromatic rings. The molecule has 2 aromatic carbocycles. The number of halogens is 1. The number of hydrogen-bond acceptors (Lipinski definition) is 2. The van der Waals surface area contributed by atoms with Gasteiger partial charge in [-0.25, -0.2) is 9.18 Å². The topological polar surface area (TPSA) is 58.1 Å². The van der Waals surface area contributed by atoms with E-state index in [0.29, 0.717) is 19.5 Å². The fourth-order valence-electron chi connectivity index (χ4n) is 3.44. The van der Waals surface area contributed by atoms with Gasteiger partial charge in [0.15, 0.2) is 0 Å². The first-order valence-corrected chi connectivity index (χ1v) is 8.77. The third-order valence-electron chi connectivity index (χ3n) is 4.88. The van der Waals surface area contributed by atoms with Crippen LogP contribution in [0.3, 0.4) is 0 Å². The minimum Gasteiger partial charge on any atom is -0.339 e. The van der Waals surface area contributed by atoms with Gasteiger partial charge >= 0.3 is 5.69 Å². The van der Waals surface area contributed by atoms with E-state index in [1.807, 2.05) is 48.5 Å². The fraction of sp³-hybridized carbons (Fsp3) is 0.300. The van der Waals surface area contributed by atoms with E-state index in [9.17, 15) is 14.0 Å². The average Bonchev–Trinajstić information content (AvgIpc) is 3.20. The molecule has 1 saturated heterocycles. The van der Waals surface area contributed by atoms with Crippen LogP contribution < -0.4 is 5.69 Å². The Hall–Kier alpha value is -2.89. The zero-order chi connectivity index (χ0) is 18.1. The number of aromatic amines is 1. The highest BCUT2D eigenvalue weighted by molar-refractivity contribution is 5.79. The Labute approximate surface area is 150 Å². The molecule has 0 spiro atoms. The van der Waals surface area contributed by atoms with Gasteiger partial charge in [0, 0.05) is 6.54 Å². The second-order valence-corrected chi connectivity index (χ2v) is 6.75. The molecule has 1 fully saturated rings. The molecule has 1 aromatic heterocycles. The standard InChI is InChI=1S/C20H20FN3O2/c21-16-9-10-23(13-16)19(25)11-14-5-7-15(8-6-14)12-24-18-4-2-1-3-17(18)22-20(24)26/h1-8,16H,9-13H2,(H,22,26). The van der Waals surface area contributed by atoms with E-state index in [0.717, 1.165) is 22.2 Å². The summed E-state index contributed by atoms with van der Waals surface area (Å²) in [5.41, 5.74) is 3.42. The first-order valence-electron chi connectivity index (χ1n) is 8.77. The van der Waals surface area contributed by atoms with Crippen LogP contribution in [0.15, 0.2) is 53.3 Å². The summed E-state index contributed by atoms with van der Waals surface area (Å²) in [4.78, 5) is 28.8. The molecule has 26 heavy (non-hydrogen) atoms. The van der Waals surface area contributed by atoms with E-state index in [2.05, 4.69) is 4.98 Å². The van der Waals surface area contributed by atoms with E-state index >= 15 is 0 Å². The lowest BCUT2D eigenvalue weighted by molar-refractivity contribution is -0.129. The van der Waals surface area contributed by atoms with Gasteiger partial charge in [-0.15, -0.1) is 0 Å². The van der Waals surface area contributed by atoms with Crippen molar-refractivity contribution in [2.45, 2.75) is 25.6 Å². The normalized spacial score (nSPS) is 17.1. The summed E-state index contributed by atoms with van der Waals surface area (Å²) in [7, 11) is 0. The van der Waals surface area contributed by atoms with Gasteiger partial charge in [0.1, 0.15) is 6.17 Å². The predicted octanol–water partition coefficient (Wildman–Crippen LogP) is 2.49. The van der Waals surface area contributed by atoms with Crippen LogP contribution in [-0.2, 0) is 17.8 Å². The van der Waals surface area contributed by atoms with E-state index in [1.165, 1.54) is 0 Å². The van der Waals surface area contributed by atoms with Crippen LogP contribution in [-0.4, -0.2) is 39.6 Å². The molecule has 0 saturated carbocycles. The zero-order valence-corrected chi connectivity index (χ0v) is 14.3. The Bertz CT molecular complexity index is 990. The Morgan fingerprint density at radius 1 is 1.12 bits per heavy atom. The lowest BCUT2D eigenvalue weighted by Gasteiger charge is -2.15. The van der Waals surface area contributed by atoms with E-state index in [1.54, 1.807) is 9.47 Å². The maximum absolute atomic E-state index is 13.2. The number of fused-ring (bicyclic) bond motifs is 1. The lowest BCUT2D eigenvalue weighted by atomic mass is 10.1. The van der Waals surface area contributed by atoms with Crippen molar-refractivity contribution < 1.29 is 9.18 Å². The summed E-state index contributed by atoms with van der Waals surface area (Å²) in [6.45, 7) is 1.18. The smallest absolute Gasteiger partial charge is 0.326 e. The number of likely N-dealkylation sites (tertiary alicyclic amines) is 1. The highest BCUT2D eigenvalue weighted by Crippen LogP contribution is 2.15. The van der Waals surface area contributed by atoms with Crippen LogP contribution in [0.4, 0.5) is 4.39 Å². The van der Waals surface area contributed by atoms with Crippen LogP contribution in [0.25, 0.3) is 11.0 Å². The van der Waals surface area contributed by atoms with Gasteiger partial charge in [0.2, 0.25) is 5.91 Å². The number of alkyl halides is 1. The SMILES string of the molecule is O=C(Cc1ccc(Cn2c(=O)[nH]c3ccccc32)cc1)N1CCC(F)C1. The van der Waals surface area contributed by atoms with Crippen LogP contribution in [0, 0.1) is 0 Å². The molecular formula is C20H20FN3O2. The highest BCUT2D eigenvalue weighted by Gasteiger charge is 2.25. The maximum atomic E-state index is 13.2. The molecule has 0 bridgehead atoms. The molecule has 6 heteroatoms. The zero-order valence-electron chi connectivity index (χ0n) is 14.3. The number of para-hydroxylation sites is 2. The number of amides is 1. The number of nitrogens with one attached hydrogen (secondary N) is 1. The molecule has 1 amide bonds. The summed E-state index contributed by atoms with van der Waals surface area (Å²) >= 11 is 0. The quantitative estimate of drug-likeness (QED) is 0.783. The Kier molecular flexibility index (Phi) is 4.32.